The third kappa shape index (κ3) is 2.07. The molecule has 0 aromatic carbocycles. The van der Waals surface area contributed by atoms with Crippen molar-refractivity contribution in [1.29, 1.82) is 0 Å². The largest absolute Gasteiger partial charge is 0.384 e. The monoisotopic (exact) mass is 247 g/mol. The van der Waals surface area contributed by atoms with Crippen molar-refractivity contribution in [3.63, 3.8) is 0 Å². The Hall–Kier alpha value is -0.905. The minimum atomic E-state index is -0.881. The minimum absolute atomic E-state index is 0. The molecule has 0 bridgehead atoms. The van der Waals surface area contributed by atoms with Crippen LogP contribution in [0.5, 0.6) is 0 Å². The molecule has 0 unspecified atom stereocenters. The van der Waals surface area contributed by atoms with Gasteiger partial charge in [0, 0.05) is 20.5 Å². The van der Waals surface area contributed by atoms with E-state index in [-0.39, 0.29) is 1.43 Å². The van der Waals surface area contributed by atoms with Gasteiger partial charge in [0.1, 0.15) is 13.4 Å². The molecule has 18 heavy (non-hydrogen) atoms. The summed E-state index contributed by atoms with van der Waals surface area (Å²) in [7, 11) is 5.61. The lowest BCUT2D eigenvalue weighted by atomic mass is 9.79. The Morgan fingerprint density at radius 1 is 1.17 bits per heavy atom. The standard InChI is InChI=1S/C13H16BNO3.H2/c14-10-1-2-11(15-9-10)12(16)3-5-13(6-4-12)17-7-8-18-13;/h1-2,9,16H,3-8H2;1H. The number of rotatable bonds is 1. The van der Waals surface area contributed by atoms with E-state index in [1.807, 2.05) is 0 Å². The van der Waals surface area contributed by atoms with Gasteiger partial charge >= 0.3 is 0 Å². The highest BCUT2D eigenvalue weighted by atomic mass is 16.7. The van der Waals surface area contributed by atoms with Crippen molar-refractivity contribution in [3.05, 3.63) is 24.0 Å². The molecule has 96 valence electrons. The molecule has 0 atom stereocenters. The Balaban J connectivity index is 0.00000133. The average Bonchev–Trinajstić information content (AvgIpc) is 2.83. The van der Waals surface area contributed by atoms with Crippen LogP contribution in [0.15, 0.2) is 18.3 Å². The van der Waals surface area contributed by atoms with Crippen molar-refractivity contribution >= 4 is 13.3 Å². The van der Waals surface area contributed by atoms with Gasteiger partial charge in [0.25, 0.3) is 0 Å². The summed E-state index contributed by atoms with van der Waals surface area (Å²) >= 11 is 0. The molecular weight excluding hydrogens is 229 g/mol. The third-order valence-electron chi connectivity index (χ3n) is 3.92. The molecule has 1 N–H and O–H groups in total. The Kier molecular flexibility index (Phi) is 2.92. The highest BCUT2D eigenvalue weighted by Gasteiger charge is 2.46. The molecule has 1 aliphatic carbocycles. The average molecular weight is 247 g/mol. The molecule has 1 spiro atoms. The van der Waals surface area contributed by atoms with Gasteiger partial charge in [-0.1, -0.05) is 11.5 Å². The van der Waals surface area contributed by atoms with Crippen LogP contribution in [-0.2, 0) is 15.1 Å². The molecule has 2 aliphatic rings. The maximum Gasteiger partial charge on any atom is 0.168 e. The van der Waals surface area contributed by atoms with E-state index in [4.69, 9.17) is 17.3 Å². The number of pyridine rings is 1. The van der Waals surface area contributed by atoms with Crippen LogP contribution in [-0.4, -0.2) is 36.9 Å². The summed E-state index contributed by atoms with van der Waals surface area (Å²) in [6.45, 7) is 1.30. The van der Waals surface area contributed by atoms with Crippen LogP contribution in [0.4, 0.5) is 0 Å². The number of aromatic nitrogens is 1. The SMILES string of the molecule is [B]c1ccc(C2(O)CCC3(CC2)OCCO3)nc1.[HH]. The van der Waals surface area contributed by atoms with E-state index in [2.05, 4.69) is 4.98 Å². The summed E-state index contributed by atoms with van der Waals surface area (Å²) < 4.78 is 11.3. The lowest BCUT2D eigenvalue weighted by Crippen LogP contribution is -2.42. The van der Waals surface area contributed by atoms with E-state index in [1.165, 1.54) is 0 Å². The van der Waals surface area contributed by atoms with Crippen molar-refractivity contribution in [3.8, 4) is 0 Å². The summed E-state index contributed by atoms with van der Waals surface area (Å²) in [5.74, 6) is -0.458. The van der Waals surface area contributed by atoms with Crippen LogP contribution < -0.4 is 5.46 Å². The Morgan fingerprint density at radius 3 is 2.39 bits per heavy atom. The Morgan fingerprint density at radius 2 is 1.83 bits per heavy atom. The summed E-state index contributed by atoms with van der Waals surface area (Å²) in [6.07, 6.45) is 4.19. The summed E-state index contributed by atoms with van der Waals surface area (Å²) in [5, 5.41) is 10.7. The van der Waals surface area contributed by atoms with Gasteiger partial charge in [-0.05, 0) is 18.9 Å². The number of ether oxygens (including phenoxy) is 2. The summed E-state index contributed by atoms with van der Waals surface area (Å²) in [4.78, 5) is 4.23. The predicted octanol–water partition coefficient (Wildman–Crippen LogP) is 0.626. The molecule has 2 fully saturated rings. The zero-order chi connectivity index (χ0) is 12.6. The van der Waals surface area contributed by atoms with E-state index in [1.54, 1.807) is 18.3 Å². The quantitative estimate of drug-likeness (QED) is 0.739. The third-order valence-corrected chi connectivity index (χ3v) is 3.92. The van der Waals surface area contributed by atoms with Crippen molar-refractivity contribution in [2.75, 3.05) is 13.2 Å². The van der Waals surface area contributed by atoms with Gasteiger partial charge in [-0.15, -0.1) is 0 Å². The van der Waals surface area contributed by atoms with E-state index in [0.717, 1.165) is 0 Å². The summed E-state index contributed by atoms with van der Waals surface area (Å²) in [6, 6.07) is 3.57. The van der Waals surface area contributed by atoms with Crippen LogP contribution in [0.25, 0.3) is 0 Å². The highest BCUT2D eigenvalue weighted by Crippen LogP contribution is 2.44. The molecule has 1 aliphatic heterocycles. The van der Waals surface area contributed by atoms with E-state index in [9.17, 15) is 5.11 Å². The minimum Gasteiger partial charge on any atom is -0.384 e. The van der Waals surface area contributed by atoms with Crippen molar-refractivity contribution in [1.82, 2.24) is 4.98 Å². The van der Waals surface area contributed by atoms with Gasteiger partial charge < -0.3 is 14.6 Å². The van der Waals surface area contributed by atoms with Gasteiger partial charge in [0.05, 0.1) is 18.9 Å². The fourth-order valence-electron chi connectivity index (χ4n) is 2.77. The maximum atomic E-state index is 10.7. The second-order valence-corrected chi connectivity index (χ2v) is 5.12. The lowest BCUT2D eigenvalue weighted by Gasteiger charge is -2.40. The Bertz CT molecular complexity index is 424. The van der Waals surface area contributed by atoms with Gasteiger partial charge in [-0.3, -0.25) is 4.98 Å². The number of aliphatic hydroxyl groups is 1. The van der Waals surface area contributed by atoms with E-state index >= 15 is 0 Å². The van der Waals surface area contributed by atoms with Crippen molar-refractivity contribution in [2.45, 2.75) is 37.1 Å². The molecule has 3 rings (SSSR count). The first-order valence-electron chi connectivity index (χ1n) is 6.34. The highest BCUT2D eigenvalue weighted by molar-refractivity contribution is 6.32. The van der Waals surface area contributed by atoms with E-state index in [0.29, 0.717) is 50.1 Å². The zero-order valence-corrected chi connectivity index (χ0v) is 10.3. The number of hydrogen-bond acceptors (Lipinski definition) is 4. The molecule has 1 aromatic rings. The van der Waals surface area contributed by atoms with Crippen molar-refractivity contribution in [2.24, 2.45) is 0 Å². The number of hydrogen-bond donors (Lipinski definition) is 1. The summed E-state index contributed by atoms with van der Waals surface area (Å²) in [5.41, 5.74) is 0.412. The van der Waals surface area contributed by atoms with Gasteiger partial charge in [-0.2, -0.15) is 0 Å². The van der Waals surface area contributed by atoms with Crippen LogP contribution in [0.2, 0.25) is 0 Å². The van der Waals surface area contributed by atoms with Gasteiger partial charge in [0.2, 0.25) is 0 Å². The molecule has 5 heteroatoms. The normalized spacial score (nSPS) is 25.4. The first-order chi connectivity index (χ1) is 8.62. The van der Waals surface area contributed by atoms with Crippen LogP contribution in [0.1, 0.15) is 32.8 Å². The van der Waals surface area contributed by atoms with Crippen molar-refractivity contribution < 1.29 is 16.0 Å². The molecule has 1 saturated carbocycles. The van der Waals surface area contributed by atoms with Crippen LogP contribution in [0.3, 0.4) is 0 Å². The second kappa shape index (κ2) is 4.33. The fourth-order valence-corrected chi connectivity index (χ4v) is 2.77. The first-order valence-corrected chi connectivity index (χ1v) is 6.34. The van der Waals surface area contributed by atoms with Gasteiger partial charge in [0.15, 0.2) is 5.79 Å². The molecule has 1 aromatic heterocycles. The Labute approximate surface area is 109 Å². The van der Waals surface area contributed by atoms with Gasteiger partial charge in [-0.25, -0.2) is 0 Å². The fraction of sp³-hybridized carbons (Fsp3) is 0.615. The molecule has 2 radical (unpaired) electrons. The molecule has 4 nitrogen and oxygen atoms in total. The molecule has 0 amide bonds. The number of nitrogens with zero attached hydrogens (tertiary/aromatic N) is 1. The lowest BCUT2D eigenvalue weighted by molar-refractivity contribution is -0.204. The van der Waals surface area contributed by atoms with Crippen LogP contribution >= 0.6 is 0 Å². The van der Waals surface area contributed by atoms with Crippen LogP contribution in [0, 0.1) is 0 Å². The molecule has 2 heterocycles. The van der Waals surface area contributed by atoms with E-state index < -0.39 is 11.4 Å². The smallest absolute Gasteiger partial charge is 0.168 e. The molecular formula is C13H18BNO3. The first kappa shape index (κ1) is 12.1. The maximum absolute atomic E-state index is 10.7. The zero-order valence-electron chi connectivity index (χ0n) is 10.3. The topological polar surface area (TPSA) is 51.6 Å². The predicted molar refractivity (Wildman–Crippen MR) is 68.7 cm³/mol. The molecule has 1 saturated heterocycles. The second-order valence-electron chi connectivity index (χ2n) is 5.12.